The molecule has 10 nitrogen and oxygen atoms in total. The molecule has 0 spiro atoms. The number of rotatable bonds is 12. The average molecular weight is 614 g/mol. The number of amides is 3. The summed E-state index contributed by atoms with van der Waals surface area (Å²) in [6.45, 7) is 7.35. The Kier molecular flexibility index (Phi) is 11.9. The molecule has 0 unspecified atom stereocenters. The van der Waals surface area contributed by atoms with Crippen LogP contribution in [0.3, 0.4) is 0 Å². The van der Waals surface area contributed by atoms with E-state index in [4.69, 9.17) is 0 Å². The first-order chi connectivity index (χ1) is 19.7. The average Bonchev–Trinajstić information content (AvgIpc) is 3.62. The number of carbonyl (C=O) groups is 3. The van der Waals surface area contributed by atoms with Gasteiger partial charge in [0.25, 0.3) is 11.8 Å². The Morgan fingerprint density at radius 2 is 1.69 bits per heavy atom. The molecule has 1 aromatic heterocycles. The van der Waals surface area contributed by atoms with Gasteiger partial charge in [-0.05, 0) is 36.2 Å². The van der Waals surface area contributed by atoms with Crippen LogP contribution in [0, 0.1) is 6.92 Å². The first-order valence-electron chi connectivity index (χ1n) is 13.8. The van der Waals surface area contributed by atoms with Gasteiger partial charge in [-0.2, -0.15) is 0 Å². The van der Waals surface area contributed by atoms with E-state index in [2.05, 4.69) is 27.8 Å². The number of aromatic nitrogens is 1. The van der Waals surface area contributed by atoms with Crippen LogP contribution >= 0.6 is 23.7 Å². The molecule has 0 atom stereocenters. The molecule has 0 saturated carbocycles. The lowest BCUT2D eigenvalue weighted by Gasteiger charge is -2.32. The van der Waals surface area contributed by atoms with Gasteiger partial charge in [0, 0.05) is 64.0 Å². The van der Waals surface area contributed by atoms with Crippen LogP contribution in [0.1, 0.15) is 34.1 Å². The summed E-state index contributed by atoms with van der Waals surface area (Å²) < 4.78 is 0. The first-order valence-corrected chi connectivity index (χ1v) is 14.6. The van der Waals surface area contributed by atoms with Crippen molar-refractivity contribution in [1.29, 1.82) is 0 Å². The number of hydrogen-bond acceptors (Lipinski definition) is 8. The van der Waals surface area contributed by atoms with Crippen LogP contribution in [0.25, 0.3) is 10.6 Å². The number of halogens is 1. The molecule has 3 aromatic rings. The third-order valence-electron chi connectivity index (χ3n) is 7.07. The van der Waals surface area contributed by atoms with E-state index in [1.165, 1.54) is 27.4 Å². The van der Waals surface area contributed by atoms with Crippen molar-refractivity contribution in [2.24, 2.45) is 0 Å². The van der Waals surface area contributed by atoms with Crippen LogP contribution in [0.5, 0.6) is 0 Å². The van der Waals surface area contributed by atoms with E-state index in [0.717, 1.165) is 23.4 Å². The summed E-state index contributed by atoms with van der Waals surface area (Å²) in [5.74, 6) is -0.436. The second kappa shape index (κ2) is 15.1. The zero-order valence-corrected chi connectivity index (χ0v) is 26.5. The van der Waals surface area contributed by atoms with Crippen molar-refractivity contribution in [1.82, 2.24) is 30.5 Å². The second-order valence-corrected chi connectivity index (χ2v) is 11.2. The van der Waals surface area contributed by atoms with Gasteiger partial charge in [0.1, 0.15) is 10.7 Å². The van der Waals surface area contributed by atoms with Crippen LogP contribution in [-0.2, 0) is 22.7 Å². The third kappa shape index (κ3) is 8.07. The highest BCUT2D eigenvalue weighted by atomic mass is 35.5. The Hall–Kier alpha value is -3.51. The lowest BCUT2D eigenvalue weighted by atomic mass is 10.1. The number of hydrazine groups is 1. The van der Waals surface area contributed by atoms with Crippen molar-refractivity contribution < 1.29 is 14.4 Å². The van der Waals surface area contributed by atoms with Gasteiger partial charge in [0.15, 0.2) is 0 Å². The molecule has 0 fully saturated rings. The van der Waals surface area contributed by atoms with Crippen molar-refractivity contribution in [3.63, 3.8) is 0 Å². The number of hydrogen-bond donors (Lipinski definition) is 2. The minimum Gasteiger partial charge on any atom is -0.353 e. The summed E-state index contributed by atoms with van der Waals surface area (Å²) in [5.41, 5.74) is 5.33. The fourth-order valence-corrected chi connectivity index (χ4v) is 5.48. The standard InChI is InChI=1S/C30H39N7O3S.ClH/c1-6-31-13-14-32-27(38)18-36(19-28(39)35(5)37-16-23-9-7-8-10-24(23)17-37)26-15-22(12-11-21(26)2)29-33-25(20-41-29)30(40)34(3)4;/h7-12,15,20,31H,6,13-14,16-19H2,1-5H3,(H,32,38);1H. The molecule has 0 bridgehead atoms. The highest BCUT2D eigenvalue weighted by molar-refractivity contribution is 7.13. The Morgan fingerprint density at radius 1 is 1.00 bits per heavy atom. The van der Waals surface area contributed by atoms with E-state index in [1.807, 2.05) is 54.1 Å². The number of benzene rings is 2. The van der Waals surface area contributed by atoms with Gasteiger partial charge in [0.05, 0.1) is 13.1 Å². The number of aryl methyl sites for hydroxylation is 1. The van der Waals surface area contributed by atoms with Crippen LogP contribution in [0.4, 0.5) is 5.69 Å². The normalized spacial score (nSPS) is 12.3. The van der Waals surface area contributed by atoms with Crippen molar-refractivity contribution in [3.05, 3.63) is 70.2 Å². The summed E-state index contributed by atoms with van der Waals surface area (Å²) in [4.78, 5) is 46.9. The second-order valence-electron chi connectivity index (χ2n) is 10.3. The molecule has 0 saturated heterocycles. The predicted octanol–water partition coefficient (Wildman–Crippen LogP) is 3.16. The zero-order chi connectivity index (χ0) is 29.5. The lowest BCUT2D eigenvalue weighted by Crippen LogP contribution is -2.48. The molecule has 1 aliphatic heterocycles. The number of thiazole rings is 1. The molecule has 0 radical (unpaired) electrons. The molecule has 12 heteroatoms. The number of nitrogens with zero attached hydrogens (tertiary/aromatic N) is 5. The molecular formula is C30H40ClN7O3S. The van der Waals surface area contributed by atoms with Gasteiger partial charge in [-0.1, -0.05) is 43.3 Å². The van der Waals surface area contributed by atoms with E-state index in [1.54, 1.807) is 31.5 Å². The lowest BCUT2D eigenvalue weighted by molar-refractivity contribution is -0.145. The van der Waals surface area contributed by atoms with E-state index in [0.29, 0.717) is 36.9 Å². The number of nitrogens with one attached hydrogen (secondary N) is 2. The van der Waals surface area contributed by atoms with Gasteiger partial charge in [-0.25, -0.2) is 9.99 Å². The quantitative estimate of drug-likeness (QED) is 0.303. The van der Waals surface area contributed by atoms with Crippen molar-refractivity contribution >= 4 is 47.2 Å². The SMILES string of the molecule is CCNCCNC(=O)CN(CC(=O)N(C)N1Cc2ccccc2C1)c1cc(-c2nc(C(=O)N(C)C)cs2)ccc1C.Cl. The molecule has 2 aromatic carbocycles. The maximum atomic E-state index is 13.6. The minimum atomic E-state index is -0.162. The number of likely N-dealkylation sites (N-methyl/N-ethyl adjacent to an activating group) is 2. The van der Waals surface area contributed by atoms with Gasteiger partial charge < -0.3 is 20.4 Å². The monoisotopic (exact) mass is 613 g/mol. The van der Waals surface area contributed by atoms with E-state index < -0.39 is 0 Å². The number of fused-ring (bicyclic) bond motifs is 1. The highest BCUT2D eigenvalue weighted by Gasteiger charge is 2.27. The van der Waals surface area contributed by atoms with E-state index >= 15 is 0 Å². The summed E-state index contributed by atoms with van der Waals surface area (Å²) >= 11 is 1.39. The zero-order valence-electron chi connectivity index (χ0n) is 24.8. The molecule has 226 valence electrons. The van der Waals surface area contributed by atoms with Crippen LogP contribution in [0.15, 0.2) is 47.8 Å². The van der Waals surface area contributed by atoms with E-state index in [-0.39, 0.29) is 43.2 Å². The number of anilines is 1. The van der Waals surface area contributed by atoms with Crippen LogP contribution < -0.4 is 15.5 Å². The summed E-state index contributed by atoms with van der Waals surface area (Å²) in [5, 5.41) is 12.3. The van der Waals surface area contributed by atoms with Crippen molar-refractivity contribution in [2.45, 2.75) is 26.9 Å². The van der Waals surface area contributed by atoms with E-state index in [9.17, 15) is 14.4 Å². The highest BCUT2D eigenvalue weighted by Crippen LogP contribution is 2.31. The minimum absolute atomic E-state index is 0. The predicted molar refractivity (Wildman–Crippen MR) is 170 cm³/mol. The maximum Gasteiger partial charge on any atom is 0.272 e. The summed E-state index contributed by atoms with van der Waals surface area (Å²) in [6.07, 6.45) is 0. The Labute approximate surface area is 258 Å². The third-order valence-corrected chi connectivity index (χ3v) is 7.96. The fraction of sp³-hybridized carbons (Fsp3) is 0.400. The topological polar surface area (TPSA) is 101 Å². The first kappa shape index (κ1) is 33.0. The summed E-state index contributed by atoms with van der Waals surface area (Å²) in [6, 6.07) is 14.1. The molecule has 2 N–H and O–H groups in total. The molecule has 2 heterocycles. The Balaban J connectivity index is 0.00000484. The summed E-state index contributed by atoms with van der Waals surface area (Å²) in [7, 11) is 5.17. The molecule has 4 rings (SSSR count). The van der Waals surface area contributed by atoms with Gasteiger partial charge >= 0.3 is 0 Å². The van der Waals surface area contributed by atoms with Gasteiger partial charge in [-0.15, -0.1) is 23.7 Å². The molecular weight excluding hydrogens is 574 g/mol. The molecule has 0 aliphatic carbocycles. The largest absolute Gasteiger partial charge is 0.353 e. The Bertz CT molecular complexity index is 1370. The van der Waals surface area contributed by atoms with Crippen LogP contribution in [-0.4, -0.2) is 91.5 Å². The maximum absolute atomic E-state index is 13.6. The van der Waals surface area contributed by atoms with Crippen molar-refractivity contribution in [2.75, 3.05) is 58.8 Å². The molecule has 3 amide bonds. The van der Waals surface area contributed by atoms with Crippen molar-refractivity contribution in [3.8, 4) is 10.6 Å². The number of carbonyl (C=O) groups excluding carboxylic acids is 3. The fourth-order valence-electron chi connectivity index (χ4n) is 4.69. The van der Waals surface area contributed by atoms with Crippen LogP contribution in [0.2, 0.25) is 0 Å². The van der Waals surface area contributed by atoms with Gasteiger partial charge in [-0.3, -0.25) is 19.4 Å². The molecule has 1 aliphatic rings. The van der Waals surface area contributed by atoms with Gasteiger partial charge in [0.2, 0.25) is 5.91 Å². The molecule has 42 heavy (non-hydrogen) atoms. The Morgan fingerprint density at radius 3 is 2.33 bits per heavy atom. The smallest absolute Gasteiger partial charge is 0.272 e.